The first-order chi connectivity index (χ1) is 12.4. The maximum absolute atomic E-state index is 12.5. The van der Waals surface area contributed by atoms with Crippen molar-refractivity contribution in [1.29, 1.82) is 0 Å². The number of primary amides is 1. The van der Waals surface area contributed by atoms with Gasteiger partial charge >= 0.3 is 0 Å². The molecular formula is C19H36N4O3. The van der Waals surface area contributed by atoms with E-state index in [0.717, 1.165) is 39.1 Å². The Kier molecular flexibility index (Phi) is 8.31. The Morgan fingerprint density at radius 1 is 1.15 bits per heavy atom. The summed E-state index contributed by atoms with van der Waals surface area (Å²) >= 11 is 0. The topological polar surface area (TPSA) is 87.9 Å². The van der Waals surface area contributed by atoms with Gasteiger partial charge in [-0.25, -0.2) is 0 Å². The van der Waals surface area contributed by atoms with Gasteiger partial charge in [0.25, 0.3) is 0 Å². The summed E-state index contributed by atoms with van der Waals surface area (Å²) in [4.78, 5) is 28.2. The smallest absolute Gasteiger partial charge is 0.234 e. The van der Waals surface area contributed by atoms with Gasteiger partial charge in [-0.3, -0.25) is 19.4 Å². The Balaban J connectivity index is 1.91. The molecule has 0 atom stereocenters. The van der Waals surface area contributed by atoms with Gasteiger partial charge in [0.05, 0.1) is 26.3 Å². The zero-order chi connectivity index (χ0) is 19.0. The number of carbonyl (C=O) groups excluding carboxylic acids is 2. The van der Waals surface area contributed by atoms with E-state index in [2.05, 4.69) is 24.1 Å². The largest absolute Gasteiger partial charge is 0.379 e. The lowest BCUT2D eigenvalue weighted by atomic mass is 9.79. The lowest BCUT2D eigenvalue weighted by Crippen LogP contribution is -2.60. The molecule has 2 fully saturated rings. The van der Waals surface area contributed by atoms with E-state index in [1.807, 2.05) is 4.90 Å². The molecule has 0 aromatic rings. The first kappa shape index (κ1) is 21.1. The summed E-state index contributed by atoms with van der Waals surface area (Å²) in [6, 6.07) is 0. The van der Waals surface area contributed by atoms with Gasteiger partial charge in [0.15, 0.2) is 0 Å². The van der Waals surface area contributed by atoms with Gasteiger partial charge in [-0.2, -0.15) is 0 Å². The van der Waals surface area contributed by atoms with Crippen LogP contribution in [0, 0.1) is 5.92 Å². The van der Waals surface area contributed by atoms with Crippen LogP contribution in [0.15, 0.2) is 0 Å². The van der Waals surface area contributed by atoms with Crippen LogP contribution < -0.4 is 11.1 Å². The Morgan fingerprint density at radius 2 is 1.81 bits per heavy atom. The fraction of sp³-hybridized carbons (Fsp3) is 0.895. The number of rotatable bonds is 9. The van der Waals surface area contributed by atoms with Crippen molar-refractivity contribution in [3.8, 4) is 0 Å². The Hall–Kier alpha value is -1.18. The summed E-state index contributed by atoms with van der Waals surface area (Å²) in [6.45, 7) is 9.28. The van der Waals surface area contributed by atoms with Crippen molar-refractivity contribution >= 4 is 11.8 Å². The van der Waals surface area contributed by atoms with Crippen molar-refractivity contribution in [2.45, 2.75) is 51.5 Å². The SMILES string of the molecule is CC(C)CN(CC(N)=O)CC(=O)NCC1(N2CCOCC2)CCCCC1. The number of nitrogens with zero attached hydrogens (tertiary/aromatic N) is 2. The fourth-order valence-electron chi connectivity index (χ4n) is 4.30. The maximum atomic E-state index is 12.5. The van der Waals surface area contributed by atoms with Gasteiger partial charge in [-0.05, 0) is 18.8 Å². The molecule has 0 bridgehead atoms. The van der Waals surface area contributed by atoms with Gasteiger partial charge in [-0.15, -0.1) is 0 Å². The van der Waals surface area contributed by atoms with E-state index in [9.17, 15) is 9.59 Å². The fourth-order valence-corrected chi connectivity index (χ4v) is 4.30. The normalized spacial score (nSPS) is 21.1. The highest BCUT2D eigenvalue weighted by Crippen LogP contribution is 2.33. The third-order valence-corrected chi connectivity index (χ3v) is 5.45. The standard InChI is InChI=1S/C19H36N4O3/c1-16(2)12-22(13-17(20)24)14-18(25)21-15-19(6-4-3-5-7-19)23-8-10-26-11-9-23/h16H,3-15H2,1-2H3,(H2,20,24)(H,21,25). The van der Waals surface area contributed by atoms with Crippen molar-refractivity contribution < 1.29 is 14.3 Å². The number of amides is 2. The Bertz CT molecular complexity index is 458. The minimum Gasteiger partial charge on any atom is -0.379 e. The van der Waals surface area contributed by atoms with E-state index in [4.69, 9.17) is 10.5 Å². The first-order valence-corrected chi connectivity index (χ1v) is 10.0. The Labute approximate surface area is 157 Å². The second-order valence-electron chi connectivity index (χ2n) is 8.19. The van der Waals surface area contributed by atoms with E-state index in [0.29, 0.717) is 19.0 Å². The van der Waals surface area contributed by atoms with E-state index >= 15 is 0 Å². The molecule has 150 valence electrons. The van der Waals surface area contributed by atoms with E-state index in [1.54, 1.807) is 0 Å². The van der Waals surface area contributed by atoms with E-state index in [1.165, 1.54) is 19.3 Å². The predicted octanol–water partition coefficient (Wildman–Crippen LogP) is 0.581. The van der Waals surface area contributed by atoms with Crippen molar-refractivity contribution in [3.05, 3.63) is 0 Å². The minimum absolute atomic E-state index is 0.0230. The average molecular weight is 369 g/mol. The number of morpholine rings is 1. The van der Waals surface area contributed by atoms with Crippen LogP contribution in [0.5, 0.6) is 0 Å². The second kappa shape index (κ2) is 10.2. The van der Waals surface area contributed by atoms with Crippen molar-refractivity contribution in [1.82, 2.24) is 15.1 Å². The van der Waals surface area contributed by atoms with Crippen LogP contribution in [-0.2, 0) is 14.3 Å². The number of nitrogens with two attached hydrogens (primary N) is 1. The summed E-state index contributed by atoms with van der Waals surface area (Å²) in [5.41, 5.74) is 5.38. The summed E-state index contributed by atoms with van der Waals surface area (Å²) in [6.07, 6.45) is 5.97. The number of hydrogen-bond acceptors (Lipinski definition) is 5. The van der Waals surface area contributed by atoms with Crippen LogP contribution in [0.25, 0.3) is 0 Å². The molecule has 3 N–H and O–H groups in total. The van der Waals surface area contributed by atoms with Crippen molar-refractivity contribution in [2.75, 3.05) is 52.5 Å². The van der Waals surface area contributed by atoms with Crippen LogP contribution in [0.1, 0.15) is 46.0 Å². The lowest BCUT2D eigenvalue weighted by Gasteiger charge is -2.48. The van der Waals surface area contributed by atoms with E-state index < -0.39 is 5.91 Å². The van der Waals surface area contributed by atoms with Gasteiger partial charge in [0, 0.05) is 31.7 Å². The number of nitrogens with one attached hydrogen (secondary N) is 1. The van der Waals surface area contributed by atoms with Gasteiger partial charge in [0.1, 0.15) is 0 Å². The highest BCUT2D eigenvalue weighted by atomic mass is 16.5. The van der Waals surface area contributed by atoms with Crippen LogP contribution in [0.2, 0.25) is 0 Å². The van der Waals surface area contributed by atoms with Crippen LogP contribution in [0.4, 0.5) is 0 Å². The molecule has 0 unspecified atom stereocenters. The summed E-state index contributed by atoms with van der Waals surface area (Å²) in [7, 11) is 0. The summed E-state index contributed by atoms with van der Waals surface area (Å²) in [5.74, 6) is -0.0409. The highest BCUT2D eigenvalue weighted by Gasteiger charge is 2.38. The molecule has 2 aliphatic rings. The molecule has 2 rings (SSSR count). The molecule has 0 aromatic heterocycles. The number of carbonyl (C=O) groups is 2. The molecular weight excluding hydrogens is 332 g/mol. The minimum atomic E-state index is -0.393. The zero-order valence-corrected chi connectivity index (χ0v) is 16.5. The van der Waals surface area contributed by atoms with Crippen LogP contribution in [0.3, 0.4) is 0 Å². The molecule has 1 aliphatic heterocycles. The zero-order valence-electron chi connectivity index (χ0n) is 16.5. The van der Waals surface area contributed by atoms with Gasteiger partial charge in [0.2, 0.25) is 11.8 Å². The third kappa shape index (κ3) is 6.52. The van der Waals surface area contributed by atoms with Gasteiger partial charge < -0.3 is 15.8 Å². The maximum Gasteiger partial charge on any atom is 0.234 e. The predicted molar refractivity (Wildman–Crippen MR) is 102 cm³/mol. The summed E-state index contributed by atoms with van der Waals surface area (Å²) < 4.78 is 5.51. The molecule has 1 aliphatic carbocycles. The number of hydrogen-bond donors (Lipinski definition) is 2. The average Bonchev–Trinajstić information content (AvgIpc) is 2.60. The first-order valence-electron chi connectivity index (χ1n) is 10.0. The second-order valence-corrected chi connectivity index (χ2v) is 8.19. The molecule has 0 aromatic carbocycles. The lowest BCUT2D eigenvalue weighted by molar-refractivity contribution is -0.125. The molecule has 0 spiro atoms. The quantitative estimate of drug-likeness (QED) is 0.622. The molecule has 1 saturated heterocycles. The molecule has 7 heteroatoms. The highest BCUT2D eigenvalue weighted by molar-refractivity contribution is 5.80. The monoisotopic (exact) mass is 368 g/mol. The van der Waals surface area contributed by atoms with Crippen LogP contribution >= 0.6 is 0 Å². The molecule has 0 radical (unpaired) electrons. The Morgan fingerprint density at radius 3 is 2.38 bits per heavy atom. The molecule has 1 heterocycles. The molecule has 1 saturated carbocycles. The van der Waals surface area contributed by atoms with Crippen LogP contribution in [-0.4, -0.2) is 79.6 Å². The molecule has 7 nitrogen and oxygen atoms in total. The van der Waals surface area contributed by atoms with Gasteiger partial charge in [-0.1, -0.05) is 33.1 Å². The van der Waals surface area contributed by atoms with E-state index in [-0.39, 0.29) is 24.5 Å². The molecule has 26 heavy (non-hydrogen) atoms. The van der Waals surface area contributed by atoms with Crippen molar-refractivity contribution in [2.24, 2.45) is 11.7 Å². The van der Waals surface area contributed by atoms with Crippen molar-refractivity contribution in [3.63, 3.8) is 0 Å². The summed E-state index contributed by atoms with van der Waals surface area (Å²) in [5, 5.41) is 3.15. The molecule has 2 amide bonds. The number of ether oxygens (including phenoxy) is 1. The third-order valence-electron chi connectivity index (χ3n) is 5.45.